The molecule has 0 aromatic heterocycles. The maximum atomic E-state index is 12.2. The number of piperazine rings is 1. The van der Waals surface area contributed by atoms with Gasteiger partial charge < -0.3 is 15.2 Å². The molecule has 1 fully saturated rings. The molecule has 0 spiro atoms. The zero-order chi connectivity index (χ0) is 15.3. The Hall–Kier alpha value is -1.59. The fourth-order valence-electron chi connectivity index (χ4n) is 3.14. The molecule has 116 valence electrons. The van der Waals surface area contributed by atoms with Gasteiger partial charge in [-0.15, -0.1) is 0 Å². The highest BCUT2D eigenvalue weighted by Crippen LogP contribution is 2.36. The van der Waals surface area contributed by atoms with Crippen LogP contribution in [-0.2, 0) is 10.3 Å². The Balaban J connectivity index is 2.48. The van der Waals surface area contributed by atoms with Crippen LogP contribution in [0.5, 0.6) is 5.75 Å². The second-order valence-corrected chi connectivity index (χ2v) is 5.38. The summed E-state index contributed by atoms with van der Waals surface area (Å²) in [6.45, 7) is 5.15. The summed E-state index contributed by atoms with van der Waals surface area (Å²) < 4.78 is 5.27. The van der Waals surface area contributed by atoms with Crippen LogP contribution in [0.1, 0.15) is 25.3 Å². The third-order valence-electron chi connectivity index (χ3n) is 4.17. The highest BCUT2D eigenvalue weighted by molar-refractivity contribution is 5.81. The van der Waals surface area contributed by atoms with Gasteiger partial charge in [0.25, 0.3) is 0 Å². The first-order chi connectivity index (χ1) is 10.1. The molecule has 0 radical (unpaired) electrons. The van der Waals surface area contributed by atoms with Gasteiger partial charge in [-0.1, -0.05) is 25.5 Å². The first-order valence-corrected chi connectivity index (χ1v) is 7.49. The van der Waals surface area contributed by atoms with Crippen molar-refractivity contribution in [1.29, 1.82) is 0 Å². The topological polar surface area (TPSA) is 61.8 Å². The van der Waals surface area contributed by atoms with Crippen LogP contribution in [0.25, 0.3) is 0 Å². The molecule has 2 N–H and O–H groups in total. The molecular weight excluding hydrogens is 268 g/mol. The molecule has 1 saturated heterocycles. The number of hydrogen-bond acceptors (Lipinski definition) is 4. The molecule has 0 saturated carbocycles. The van der Waals surface area contributed by atoms with Crippen LogP contribution in [0.15, 0.2) is 24.3 Å². The summed E-state index contributed by atoms with van der Waals surface area (Å²) in [6, 6.07) is 7.46. The van der Waals surface area contributed by atoms with Crippen LogP contribution in [-0.4, -0.2) is 49.3 Å². The number of nitrogens with one attached hydrogen (secondary N) is 1. The normalized spacial score (nSPS) is 19.0. The zero-order valence-corrected chi connectivity index (χ0v) is 12.8. The summed E-state index contributed by atoms with van der Waals surface area (Å²) in [5.41, 5.74) is -0.163. The number of carboxylic acid groups (broad SMARTS) is 1. The van der Waals surface area contributed by atoms with E-state index in [2.05, 4.69) is 10.2 Å². The van der Waals surface area contributed by atoms with E-state index in [1.165, 1.54) is 0 Å². The molecule has 1 atom stereocenters. The van der Waals surface area contributed by atoms with Crippen LogP contribution < -0.4 is 10.1 Å². The molecule has 0 amide bonds. The van der Waals surface area contributed by atoms with Crippen LogP contribution >= 0.6 is 0 Å². The van der Waals surface area contributed by atoms with E-state index in [-0.39, 0.29) is 0 Å². The van der Waals surface area contributed by atoms with Crippen molar-refractivity contribution in [3.8, 4) is 5.75 Å². The van der Waals surface area contributed by atoms with Gasteiger partial charge >= 0.3 is 5.97 Å². The monoisotopic (exact) mass is 292 g/mol. The number of carbonyl (C=O) groups is 1. The van der Waals surface area contributed by atoms with Crippen molar-refractivity contribution >= 4 is 5.97 Å². The average Bonchev–Trinajstić information content (AvgIpc) is 2.53. The lowest BCUT2D eigenvalue weighted by Crippen LogP contribution is -2.58. The van der Waals surface area contributed by atoms with Crippen molar-refractivity contribution < 1.29 is 14.6 Å². The Morgan fingerprint density at radius 2 is 2.14 bits per heavy atom. The van der Waals surface area contributed by atoms with Gasteiger partial charge in [-0.2, -0.15) is 0 Å². The Kier molecular flexibility index (Phi) is 5.20. The predicted molar refractivity (Wildman–Crippen MR) is 81.7 cm³/mol. The number of benzene rings is 1. The highest BCUT2D eigenvalue weighted by Gasteiger charge is 2.45. The SMILES string of the molecule is CCCC(C(=O)O)(c1cccc(OC)c1)N1CCNCC1. The molecular formula is C16H24N2O3. The van der Waals surface area contributed by atoms with Crippen molar-refractivity contribution in [2.75, 3.05) is 33.3 Å². The van der Waals surface area contributed by atoms with Gasteiger partial charge in [0.05, 0.1) is 7.11 Å². The van der Waals surface area contributed by atoms with Crippen LogP contribution in [0.3, 0.4) is 0 Å². The smallest absolute Gasteiger partial charge is 0.328 e. The number of methoxy groups -OCH3 is 1. The summed E-state index contributed by atoms with van der Waals surface area (Å²) >= 11 is 0. The minimum absolute atomic E-state index is 0.593. The van der Waals surface area contributed by atoms with Gasteiger partial charge in [0.15, 0.2) is 0 Å². The predicted octanol–water partition coefficient (Wildman–Crippen LogP) is 1.68. The molecule has 1 aromatic rings. The Morgan fingerprint density at radius 3 is 2.71 bits per heavy atom. The van der Waals surface area contributed by atoms with Crippen LogP contribution in [0, 0.1) is 0 Å². The van der Waals surface area contributed by atoms with Crippen molar-refractivity contribution in [2.45, 2.75) is 25.3 Å². The molecule has 5 heteroatoms. The number of carboxylic acids is 1. The average molecular weight is 292 g/mol. The molecule has 2 rings (SSSR count). The van der Waals surface area contributed by atoms with Crippen molar-refractivity contribution in [3.63, 3.8) is 0 Å². The van der Waals surface area contributed by atoms with E-state index in [9.17, 15) is 9.90 Å². The van der Waals surface area contributed by atoms with Gasteiger partial charge in [-0.3, -0.25) is 4.90 Å². The van der Waals surface area contributed by atoms with E-state index in [1.54, 1.807) is 7.11 Å². The third-order valence-corrected chi connectivity index (χ3v) is 4.17. The Labute approximate surface area is 125 Å². The first kappa shape index (κ1) is 15.8. The number of rotatable bonds is 6. The molecule has 1 heterocycles. The summed E-state index contributed by atoms with van der Waals surface area (Å²) in [5, 5.41) is 13.3. The zero-order valence-electron chi connectivity index (χ0n) is 12.8. The van der Waals surface area contributed by atoms with Crippen molar-refractivity contribution in [3.05, 3.63) is 29.8 Å². The van der Waals surface area contributed by atoms with E-state index in [0.29, 0.717) is 12.2 Å². The number of ether oxygens (including phenoxy) is 1. The lowest BCUT2D eigenvalue weighted by atomic mass is 9.83. The van der Waals surface area contributed by atoms with Crippen LogP contribution in [0.2, 0.25) is 0 Å². The molecule has 0 bridgehead atoms. The summed E-state index contributed by atoms with van der Waals surface area (Å²) in [6.07, 6.45) is 1.41. The minimum Gasteiger partial charge on any atom is -0.497 e. The second kappa shape index (κ2) is 6.91. The fourth-order valence-corrected chi connectivity index (χ4v) is 3.14. The highest BCUT2D eigenvalue weighted by atomic mass is 16.5. The molecule has 21 heavy (non-hydrogen) atoms. The lowest BCUT2D eigenvalue weighted by molar-refractivity contribution is -0.154. The maximum Gasteiger partial charge on any atom is 0.328 e. The van der Waals surface area contributed by atoms with Gasteiger partial charge in [0.1, 0.15) is 11.3 Å². The van der Waals surface area contributed by atoms with Gasteiger partial charge in [0, 0.05) is 26.2 Å². The number of nitrogens with zero attached hydrogens (tertiary/aromatic N) is 1. The van der Waals surface area contributed by atoms with E-state index in [0.717, 1.165) is 38.2 Å². The number of aliphatic carboxylic acids is 1. The molecule has 0 aliphatic carbocycles. The van der Waals surface area contributed by atoms with Gasteiger partial charge in [-0.05, 0) is 24.1 Å². The maximum absolute atomic E-state index is 12.2. The molecule has 1 aromatic carbocycles. The van der Waals surface area contributed by atoms with E-state index >= 15 is 0 Å². The van der Waals surface area contributed by atoms with Crippen LogP contribution in [0.4, 0.5) is 0 Å². The quantitative estimate of drug-likeness (QED) is 0.835. The number of hydrogen-bond donors (Lipinski definition) is 2. The largest absolute Gasteiger partial charge is 0.497 e. The van der Waals surface area contributed by atoms with Gasteiger partial charge in [0.2, 0.25) is 0 Å². The lowest BCUT2D eigenvalue weighted by Gasteiger charge is -2.43. The summed E-state index contributed by atoms with van der Waals surface area (Å²) in [4.78, 5) is 14.3. The van der Waals surface area contributed by atoms with E-state index < -0.39 is 11.5 Å². The Morgan fingerprint density at radius 1 is 1.43 bits per heavy atom. The second-order valence-electron chi connectivity index (χ2n) is 5.38. The van der Waals surface area contributed by atoms with E-state index in [4.69, 9.17) is 4.74 Å². The van der Waals surface area contributed by atoms with Crippen molar-refractivity contribution in [2.24, 2.45) is 0 Å². The molecule has 5 nitrogen and oxygen atoms in total. The standard InChI is InChI=1S/C16H24N2O3/c1-3-7-16(15(19)20,18-10-8-17-9-11-18)13-5-4-6-14(12-13)21-2/h4-6,12,17H,3,7-11H2,1-2H3,(H,19,20). The summed E-state index contributed by atoms with van der Waals surface area (Å²) in [5.74, 6) is -0.0798. The van der Waals surface area contributed by atoms with E-state index in [1.807, 2.05) is 31.2 Å². The Bertz CT molecular complexity index is 486. The van der Waals surface area contributed by atoms with Crippen molar-refractivity contribution in [1.82, 2.24) is 10.2 Å². The molecule has 1 aliphatic heterocycles. The molecule has 1 unspecified atom stereocenters. The third kappa shape index (κ3) is 3.04. The van der Waals surface area contributed by atoms with Gasteiger partial charge in [-0.25, -0.2) is 4.79 Å². The summed E-state index contributed by atoms with van der Waals surface area (Å²) in [7, 11) is 1.60. The minimum atomic E-state index is -0.967. The first-order valence-electron chi connectivity index (χ1n) is 7.49. The molecule has 1 aliphatic rings. The fraction of sp³-hybridized carbons (Fsp3) is 0.562.